The molecule has 0 N–H and O–H groups in total. The zero-order chi connectivity index (χ0) is 17.0. The molecule has 1 aliphatic rings. The van der Waals surface area contributed by atoms with Crippen molar-refractivity contribution in [3.63, 3.8) is 0 Å². The predicted molar refractivity (Wildman–Crippen MR) is 103 cm³/mol. The summed E-state index contributed by atoms with van der Waals surface area (Å²) in [7, 11) is 0. The Labute approximate surface area is 153 Å². The van der Waals surface area contributed by atoms with E-state index < -0.39 is 0 Å². The van der Waals surface area contributed by atoms with Gasteiger partial charge in [0.2, 0.25) is 0 Å². The first-order valence-corrected chi connectivity index (χ1v) is 10.8. The second kappa shape index (κ2) is 7.87. The van der Waals surface area contributed by atoms with Crippen LogP contribution in [-0.4, -0.2) is 27.7 Å². The van der Waals surface area contributed by atoms with Gasteiger partial charge in [-0.15, -0.1) is 0 Å². The summed E-state index contributed by atoms with van der Waals surface area (Å²) in [4.78, 5) is 0.596. The molecule has 0 amide bonds. The maximum absolute atomic E-state index is 6.31. The average Bonchev–Trinajstić information content (AvgIpc) is 2.60. The number of rotatable bonds is 4. The van der Waals surface area contributed by atoms with Crippen LogP contribution in [0.15, 0.2) is 60.7 Å². The van der Waals surface area contributed by atoms with Crippen LogP contribution in [-0.2, 0) is 4.74 Å². The van der Waals surface area contributed by atoms with Crippen molar-refractivity contribution in [2.75, 3.05) is 6.61 Å². The summed E-state index contributed by atoms with van der Waals surface area (Å²) < 4.78 is 7.79. The van der Waals surface area contributed by atoms with Crippen molar-refractivity contribution in [3.05, 3.63) is 66.2 Å². The summed E-state index contributed by atoms with van der Waals surface area (Å²) in [5, 5.41) is 0. The molecule has 2 aromatic rings. The SMILES string of the molecule is CC(C)(C)[C@@H]([Se]c1ccccc1)[C@@H]1C[C@H](c2ccccc2)CCO1. The van der Waals surface area contributed by atoms with Gasteiger partial charge in [0.1, 0.15) is 0 Å². The molecule has 1 fully saturated rings. The van der Waals surface area contributed by atoms with Crippen LogP contribution in [0.25, 0.3) is 0 Å². The van der Waals surface area contributed by atoms with Gasteiger partial charge < -0.3 is 0 Å². The Morgan fingerprint density at radius 2 is 1.58 bits per heavy atom. The van der Waals surface area contributed by atoms with Gasteiger partial charge in [-0.1, -0.05) is 0 Å². The van der Waals surface area contributed by atoms with E-state index in [4.69, 9.17) is 4.74 Å². The van der Waals surface area contributed by atoms with Crippen molar-refractivity contribution in [2.24, 2.45) is 5.41 Å². The molecule has 0 radical (unpaired) electrons. The van der Waals surface area contributed by atoms with E-state index in [1.807, 2.05) is 0 Å². The molecule has 0 spiro atoms. The summed E-state index contributed by atoms with van der Waals surface area (Å²) in [5.41, 5.74) is 1.74. The van der Waals surface area contributed by atoms with Crippen molar-refractivity contribution < 1.29 is 4.74 Å². The Kier molecular flexibility index (Phi) is 5.81. The van der Waals surface area contributed by atoms with E-state index in [0.29, 0.717) is 31.8 Å². The first-order chi connectivity index (χ1) is 11.5. The second-order valence-corrected chi connectivity index (χ2v) is 10.3. The number of hydrogen-bond acceptors (Lipinski definition) is 1. The molecule has 3 rings (SSSR count). The van der Waals surface area contributed by atoms with Crippen LogP contribution in [0.1, 0.15) is 45.1 Å². The van der Waals surface area contributed by atoms with Crippen molar-refractivity contribution in [3.8, 4) is 0 Å². The predicted octanol–water partition coefficient (Wildman–Crippen LogP) is 4.81. The van der Waals surface area contributed by atoms with Crippen LogP contribution >= 0.6 is 0 Å². The van der Waals surface area contributed by atoms with Gasteiger partial charge in [-0.05, 0) is 0 Å². The van der Waals surface area contributed by atoms with Gasteiger partial charge in [0.25, 0.3) is 0 Å². The van der Waals surface area contributed by atoms with Crippen LogP contribution < -0.4 is 4.46 Å². The quantitative estimate of drug-likeness (QED) is 0.684. The third-order valence-electron chi connectivity index (χ3n) is 4.78. The molecule has 1 aliphatic heterocycles. The van der Waals surface area contributed by atoms with Gasteiger partial charge in [-0.2, -0.15) is 0 Å². The second-order valence-electron chi connectivity index (χ2n) is 7.76. The van der Waals surface area contributed by atoms with E-state index in [2.05, 4.69) is 81.4 Å². The molecule has 24 heavy (non-hydrogen) atoms. The van der Waals surface area contributed by atoms with Crippen molar-refractivity contribution >= 4 is 19.4 Å². The molecule has 1 saturated heterocycles. The Balaban J connectivity index is 1.77. The fourth-order valence-electron chi connectivity index (χ4n) is 3.52. The maximum atomic E-state index is 6.31. The first-order valence-electron chi connectivity index (χ1n) is 8.92. The van der Waals surface area contributed by atoms with Crippen LogP contribution in [0.3, 0.4) is 0 Å². The van der Waals surface area contributed by atoms with Crippen LogP contribution in [0, 0.1) is 5.41 Å². The Hall–Kier alpha value is -1.08. The minimum atomic E-state index is 0.263. The molecule has 0 unspecified atom stereocenters. The van der Waals surface area contributed by atoms with E-state index in [1.54, 1.807) is 0 Å². The topological polar surface area (TPSA) is 9.23 Å². The summed E-state index contributed by atoms with van der Waals surface area (Å²) >= 11 is 0.433. The number of benzene rings is 2. The molecule has 0 saturated carbocycles. The molecule has 1 heterocycles. The van der Waals surface area contributed by atoms with Gasteiger partial charge in [0.05, 0.1) is 0 Å². The van der Waals surface area contributed by atoms with Gasteiger partial charge >= 0.3 is 153 Å². The Morgan fingerprint density at radius 3 is 2.21 bits per heavy atom. The monoisotopic (exact) mass is 388 g/mol. The van der Waals surface area contributed by atoms with Gasteiger partial charge in [0, 0.05) is 0 Å². The summed E-state index contributed by atoms with van der Waals surface area (Å²) in [6.07, 6.45) is 2.67. The molecule has 0 bridgehead atoms. The number of ether oxygens (including phenoxy) is 1. The molecule has 128 valence electrons. The van der Waals surface area contributed by atoms with Crippen molar-refractivity contribution in [1.29, 1.82) is 0 Å². The van der Waals surface area contributed by atoms with Crippen molar-refractivity contribution in [2.45, 2.75) is 50.5 Å². The van der Waals surface area contributed by atoms with Crippen LogP contribution in [0.4, 0.5) is 0 Å². The van der Waals surface area contributed by atoms with Crippen LogP contribution in [0.2, 0.25) is 4.82 Å². The summed E-state index contributed by atoms with van der Waals surface area (Å²) in [6.45, 7) is 8.01. The average molecular weight is 387 g/mol. The molecule has 2 heteroatoms. The van der Waals surface area contributed by atoms with Gasteiger partial charge in [-0.25, -0.2) is 0 Å². The third-order valence-corrected chi connectivity index (χ3v) is 8.58. The van der Waals surface area contributed by atoms with E-state index in [9.17, 15) is 0 Å². The van der Waals surface area contributed by atoms with Gasteiger partial charge in [0.15, 0.2) is 0 Å². The molecular formula is C22H28OSe. The van der Waals surface area contributed by atoms with Crippen LogP contribution in [0.5, 0.6) is 0 Å². The zero-order valence-electron chi connectivity index (χ0n) is 14.9. The molecule has 0 aliphatic carbocycles. The van der Waals surface area contributed by atoms with E-state index in [-0.39, 0.29) is 5.41 Å². The number of hydrogen-bond donors (Lipinski definition) is 0. The van der Waals surface area contributed by atoms with E-state index >= 15 is 0 Å². The van der Waals surface area contributed by atoms with Crippen molar-refractivity contribution in [1.82, 2.24) is 0 Å². The third kappa shape index (κ3) is 4.51. The standard InChI is InChI=1S/C22H28OSe/c1-22(2,3)21(24-19-12-8-5-9-13-19)20-16-18(14-15-23-20)17-10-6-4-7-11-17/h4-13,18,20-21H,14-16H2,1-3H3/t18-,20+,21+/m1/s1. The molecular weight excluding hydrogens is 359 g/mol. The zero-order valence-corrected chi connectivity index (χ0v) is 16.7. The Bertz CT molecular complexity index is 617. The summed E-state index contributed by atoms with van der Waals surface area (Å²) in [5.74, 6) is 0.640. The molecule has 1 nitrogen and oxygen atoms in total. The molecule has 3 atom stereocenters. The van der Waals surface area contributed by atoms with E-state index in [1.165, 1.54) is 10.0 Å². The molecule has 2 aromatic carbocycles. The van der Waals surface area contributed by atoms with Gasteiger partial charge in [-0.3, -0.25) is 0 Å². The molecule has 0 aromatic heterocycles. The van der Waals surface area contributed by atoms with E-state index in [0.717, 1.165) is 19.4 Å². The fourth-order valence-corrected chi connectivity index (χ4v) is 6.26. The minimum absolute atomic E-state index is 0.263. The summed E-state index contributed by atoms with van der Waals surface area (Å²) in [6, 6.07) is 22.0. The first kappa shape index (κ1) is 17.7. The normalized spacial score (nSPS) is 23.0. The fraction of sp³-hybridized carbons (Fsp3) is 0.455. The Morgan fingerprint density at radius 1 is 0.958 bits per heavy atom.